The Labute approximate surface area is 111 Å². The van der Waals surface area contributed by atoms with Gasteiger partial charge in [-0.25, -0.2) is 0 Å². The van der Waals surface area contributed by atoms with Crippen molar-refractivity contribution in [2.24, 2.45) is 11.7 Å². The maximum Gasteiger partial charge on any atom is 0.238 e. The molecular formula is C14H29N3O. The highest BCUT2D eigenvalue weighted by Gasteiger charge is 2.35. The molecule has 0 bridgehead atoms. The fourth-order valence-electron chi connectivity index (χ4n) is 2.72. The van der Waals surface area contributed by atoms with Gasteiger partial charge in [0.2, 0.25) is 5.91 Å². The lowest BCUT2D eigenvalue weighted by atomic mass is 9.91. The highest BCUT2D eigenvalue weighted by Crippen LogP contribution is 2.23. The number of nitrogens with zero attached hydrogens (tertiary/aromatic N) is 1. The first-order valence-corrected chi connectivity index (χ1v) is 7.18. The van der Waals surface area contributed by atoms with E-state index in [1.54, 1.807) is 0 Å². The highest BCUT2D eigenvalue weighted by molar-refractivity contribution is 5.84. The van der Waals surface area contributed by atoms with Crippen LogP contribution in [0.2, 0.25) is 0 Å². The van der Waals surface area contributed by atoms with E-state index < -0.39 is 5.54 Å². The van der Waals surface area contributed by atoms with Crippen LogP contribution in [0.5, 0.6) is 0 Å². The molecule has 1 fully saturated rings. The van der Waals surface area contributed by atoms with Crippen LogP contribution in [0.1, 0.15) is 47.0 Å². The summed E-state index contributed by atoms with van der Waals surface area (Å²) in [6.45, 7) is 11.2. The van der Waals surface area contributed by atoms with Crippen LogP contribution in [-0.2, 0) is 4.79 Å². The first-order valence-electron chi connectivity index (χ1n) is 7.18. The summed E-state index contributed by atoms with van der Waals surface area (Å²) in [5, 5.41) is 3.31. The van der Waals surface area contributed by atoms with E-state index in [9.17, 15) is 4.79 Å². The fraction of sp³-hybridized carbons (Fsp3) is 0.929. The summed E-state index contributed by atoms with van der Waals surface area (Å²) < 4.78 is 0. The summed E-state index contributed by atoms with van der Waals surface area (Å²) in [4.78, 5) is 14.1. The maximum absolute atomic E-state index is 11.7. The van der Waals surface area contributed by atoms with Crippen LogP contribution in [0.25, 0.3) is 0 Å². The van der Waals surface area contributed by atoms with Gasteiger partial charge in [0.1, 0.15) is 5.54 Å². The molecule has 1 aliphatic rings. The molecule has 18 heavy (non-hydrogen) atoms. The summed E-state index contributed by atoms with van der Waals surface area (Å²) in [7, 11) is 0. The van der Waals surface area contributed by atoms with Gasteiger partial charge in [-0.3, -0.25) is 9.69 Å². The van der Waals surface area contributed by atoms with Crippen LogP contribution in [0.3, 0.4) is 0 Å². The van der Waals surface area contributed by atoms with Crippen molar-refractivity contribution in [3.8, 4) is 0 Å². The number of likely N-dealkylation sites (tertiary alicyclic amines) is 1. The number of nitrogens with two attached hydrogens (primary N) is 1. The van der Waals surface area contributed by atoms with E-state index in [0.717, 1.165) is 32.0 Å². The number of piperidine rings is 1. The van der Waals surface area contributed by atoms with Crippen molar-refractivity contribution in [3.63, 3.8) is 0 Å². The monoisotopic (exact) mass is 255 g/mol. The number of carbonyl (C=O) groups excluding carboxylic acids is 1. The normalized spacial score (nSPS) is 28.9. The minimum absolute atomic E-state index is 0.248. The van der Waals surface area contributed by atoms with Crippen molar-refractivity contribution >= 4 is 5.91 Å². The van der Waals surface area contributed by atoms with Crippen LogP contribution in [0.15, 0.2) is 0 Å². The average molecular weight is 255 g/mol. The first-order chi connectivity index (χ1) is 8.39. The van der Waals surface area contributed by atoms with E-state index in [1.807, 2.05) is 6.92 Å². The van der Waals surface area contributed by atoms with E-state index >= 15 is 0 Å². The molecule has 0 saturated carbocycles. The van der Waals surface area contributed by atoms with Gasteiger partial charge in [0.05, 0.1) is 0 Å². The van der Waals surface area contributed by atoms with Gasteiger partial charge in [-0.2, -0.15) is 0 Å². The molecule has 0 radical (unpaired) electrons. The molecule has 3 N–H and O–H groups in total. The first kappa shape index (κ1) is 15.4. The van der Waals surface area contributed by atoms with Crippen molar-refractivity contribution in [2.75, 3.05) is 19.6 Å². The van der Waals surface area contributed by atoms with E-state index in [4.69, 9.17) is 5.73 Å². The van der Waals surface area contributed by atoms with Crippen molar-refractivity contribution in [1.82, 2.24) is 10.2 Å². The Hall–Kier alpha value is -0.610. The second-order valence-corrected chi connectivity index (χ2v) is 6.07. The Morgan fingerprint density at radius 3 is 2.67 bits per heavy atom. The molecule has 1 aliphatic heterocycles. The Morgan fingerprint density at radius 1 is 1.50 bits per heavy atom. The molecule has 0 aromatic heterocycles. The second-order valence-electron chi connectivity index (χ2n) is 6.07. The molecule has 0 aromatic rings. The molecule has 4 nitrogen and oxygen atoms in total. The lowest BCUT2D eigenvalue weighted by molar-refractivity contribution is -0.125. The predicted molar refractivity (Wildman–Crippen MR) is 75.3 cm³/mol. The fourth-order valence-corrected chi connectivity index (χ4v) is 2.72. The van der Waals surface area contributed by atoms with Crippen LogP contribution in [-0.4, -0.2) is 42.0 Å². The molecule has 0 aliphatic carbocycles. The molecule has 106 valence electrons. The summed E-state index contributed by atoms with van der Waals surface area (Å²) in [6.07, 6.45) is 3.44. The number of carbonyl (C=O) groups is 1. The largest absolute Gasteiger partial charge is 0.368 e. The quantitative estimate of drug-likeness (QED) is 0.753. The molecule has 1 rings (SSSR count). The van der Waals surface area contributed by atoms with E-state index in [1.165, 1.54) is 12.8 Å². The van der Waals surface area contributed by atoms with Gasteiger partial charge in [0.15, 0.2) is 0 Å². The van der Waals surface area contributed by atoms with Gasteiger partial charge < -0.3 is 11.1 Å². The summed E-state index contributed by atoms with van der Waals surface area (Å²) in [5.41, 5.74) is 4.97. The zero-order valence-corrected chi connectivity index (χ0v) is 12.3. The van der Waals surface area contributed by atoms with Gasteiger partial charge in [-0.15, -0.1) is 0 Å². The molecule has 1 heterocycles. The van der Waals surface area contributed by atoms with E-state index in [2.05, 4.69) is 31.0 Å². The number of rotatable bonds is 6. The Balaban J connectivity index is 2.63. The van der Waals surface area contributed by atoms with Crippen LogP contribution < -0.4 is 11.1 Å². The van der Waals surface area contributed by atoms with Gasteiger partial charge in [0.25, 0.3) is 0 Å². The van der Waals surface area contributed by atoms with Crippen LogP contribution in [0, 0.1) is 5.92 Å². The number of amides is 1. The smallest absolute Gasteiger partial charge is 0.238 e. The average Bonchev–Trinajstić information content (AvgIpc) is 2.30. The molecule has 3 unspecified atom stereocenters. The van der Waals surface area contributed by atoms with E-state index in [-0.39, 0.29) is 5.91 Å². The SMILES string of the molecule is CCCNC(C)(CN1CCC(C)CC1C)C(N)=O. The molecule has 1 saturated heterocycles. The summed E-state index contributed by atoms with van der Waals surface area (Å²) >= 11 is 0. The predicted octanol–water partition coefficient (Wildman–Crippen LogP) is 1.35. The van der Waals surface area contributed by atoms with Crippen molar-refractivity contribution in [3.05, 3.63) is 0 Å². The van der Waals surface area contributed by atoms with Crippen molar-refractivity contribution in [2.45, 2.75) is 58.5 Å². The molecule has 1 amide bonds. The minimum Gasteiger partial charge on any atom is -0.368 e. The number of nitrogens with one attached hydrogen (secondary N) is 1. The minimum atomic E-state index is -0.606. The summed E-state index contributed by atoms with van der Waals surface area (Å²) in [6, 6.07) is 0.538. The molecule has 3 atom stereocenters. The highest BCUT2D eigenvalue weighted by atomic mass is 16.1. The Morgan fingerprint density at radius 2 is 2.17 bits per heavy atom. The van der Waals surface area contributed by atoms with Crippen molar-refractivity contribution in [1.29, 1.82) is 0 Å². The maximum atomic E-state index is 11.7. The third kappa shape index (κ3) is 3.95. The van der Waals surface area contributed by atoms with Crippen molar-refractivity contribution < 1.29 is 4.79 Å². The van der Waals surface area contributed by atoms with Crippen LogP contribution in [0.4, 0.5) is 0 Å². The topological polar surface area (TPSA) is 58.4 Å². The van der Waals surface area contributed by atoms with Gasteiger partial charge in [0, 0.05) is 12.6 Å². The number of hydrogen-bond donors (Lipinski definition) is 2. The number of primary amides is 1. The Kier molecular flexibility index (Phi) is 5.60. The third-order valence-corrected chi connectivity index (χ3v) is 4.10. The third-order valence-electron chi connectivity index (χ3n) is 4.10. The lowest BCUT2D eigenvalue weighted by Gasteiger charge is -2.41. The molecule has 0 spiro atoms. The molecular weight excluding hydrogens is 226 g/mol. The Bertz CT molecular complexity index is 282. The zero-order valence-electron chi connectivity index (χ0n) is 12.3. The summed E-state index contributed by atoms with van der Waals surface area (Å²) in [5.74, 6) is 0.543. The van der Waals surface area contributed by atoms with Crippen LogP contribution >= 0.6 is 0 Å². The van der Waals surface area contributed by atoms with Gasteiger partial charge in [-0.1, -0.05) is 13.8 Å². The van der Waals surface area contributed by atoms with E-state index in [0.29, 0.717) is 6.04 Å². The number of hydrogen-bond acceptors (Lipinski definition) is 3. The van der Waals surface area contributed by atoms with Gasteiger partial charge in [-0.05, 0) is 52.1 Å². The zero-order chi connectivity index (χ0) is 13.8. The molecule has 4 heteroatoms. The second kappa shape index (κ2) is 6.53. The van der Waals surface area contributed by atoms with Gasteiger partial charge >= 0.3 is 0 Å². The molecule has 0 aromatic carbocycles. The standard InChI is InChI=1S/C14H29N3O/c1-5-7-16-14(4,13(15)18)10-17-8-6-11(2)9-12(17)3/h11-12,16H,5-10H2,1-4H3,(H2,15,18). The lowest BCUT2D eigenvalue weighted by Crippen LogP contribution is -2.61.